The molecule has 1 aliphatic carbocycles. The molecule has 0 amide bonds. The Labute approximate surface area is 224 Å². The maximum atomic E-state index is 12.1. The zero-order valence-corrected chi connectivity index (χ0v) is 21.9. The monoisotopic (exact) mass is 525 g/mol. The highest BCUT2D eigenvalue weighted by molar-refractivity contribution is 5.32. The molecule has 2 N–H and O–H groups in total. The van der Waals surface area contributed by atoms with Crippen molar-refractivity contribution >= 4 is 0 Å². The van der Waals surface area contributed by atoms with Crippen molar-refractivity contribution in [2.75, 3.05) is 19.6 Å². The van der Waals surface area contributed by atoms with Gasteiger partial charge in [-0.1, -0.05) is 60.8 Å². The second kappa shape index (κ2) is 10.6. The smallest absolute Gasteiger partial charge is 0.282 e. The van der Waals surface area contributed by atoms with Gasteiger partial charge in [-0.15, -0.1) is 0 Å². The molecule has 0 unspecified atom stereocenters. The highest BCUT2D eigenvalue weighted by Gasteiger charge is 2.49. The van der Waals surface area contributed by atoms with Gasteiger partial charge in [0, 0.05) is 24.8 Å². The number of rotatable bonds is 7. The van der Waals surface area contributed by atoms with Crippen molar-refractivity contribution in [3.05, 3.63) is 71.9 Å². The Morgan fingerprint density at radius 1 is 0.973 bits per heavy atom. The number of phenolic OH excluding ortho intramolecular Hbond substituents is 1. The number of aliphatic hydroxyl groups is 1. The van der Waals surface area contributed by atoms with E-state index in [4.69, 9.17) is 14.2 Å². The molecule has 1 saturated carbocycles. The van der Waals surface area contributed by atoms with Gasteiger partial charge in [-0.3, -0.25) is 0 Å². The van der Waals surface area contributed by atoms with Crippen LogP contribution in [0.15, 0.2) is 59.1 Å². The average molecular weight is 526 g/mol. The van der Waals surface area contributed by atoms with Gasteiger partial charge in [0.25, 0.3) is 5.89 Å². The summed E-state index contributed by atoms with van der Waals surface area (Å²) in [6, 6.07) is 16.9. The number of hydrogen-bond acceptors (Lipinski definition) is 6. The topological polar surface area (TPSA) is 88.6 Å². The molecule has 3 aromatic rings. The van der Waals surface area contributed by atoms with Gasteiger partial charge >= 0.3 is 0 Å². The first kappa shape index (κ1) is 26.0. The zero-order chi connectivity index (χ0) is 24.6. The minimum Gasteiger partial charge on any atom is -1.00 e. The molecule has 0 radical (unpaired) electrons. The van der Waals surface area contributed by atoms with E-state index in [0.29, 0.717) is 29.9 Å². The van der Waals surface area contributed by atoms with E-state index in [1.54, 1.807) is 12.1 Å². The molecule has 2 bridgehead atoms. The van der Waals surface area contributed by atoms with Gasteiger partial charge in [-0.05, 0) is 36.5 Å². The van der Waals surface area contributed by atoms with Gasteiger partial charge in [0.15, 0.2) is 18.2 Å². The maximum Gasteiger partial charge on any atom is 0.282 e. The van der Waals surface area contributed by atoms with Crippen LogP contribution >= 0.6 is 0 Å². The van der Waals surface area contributed by atoms with Gasteiger partial charge in [0.1, 0.15) is 18.0 Å². The molecule has 3 saturated heterocycles. The number of fused-ring (bicyclic) bond motifs is 3. The normalized spacial score (nSPS) is 27.3. The summed E-state index contributed by atoms with van der Waals surface area (Å²) in [6.45, 7) is 3.65. The third kappa shape index (κ3) is 5.09. The summed E-state index contributed by atoms with van der Waals surface area (Å²) in [5.74, 6) is 2.53. The summed E-state index contributed by atoms with van der Waals surface area (Å²) in [7, 11) is 0. The quantitative estimate of drug-likeness (QED) is 0.457. The Morgan fingerprint density at radius 2 is 1.73 bits per heavy atom. The predicted octanol–water partition coefficient (Wildman–Crippen LogP) is 1.78. The molecule has 2 aromatic carbocycles. The standard InChI is InChI=1S/C29H35N3O4.ClH/c33-24-12-7-13-25(18-24)35-26-19-32(16-14-21(26)15-17-32)20-27-30-28(31-36-27)29(34,22-8-3-1-4-9-22)23-10-5-2-6-11-23;/h1,3-4,7-9,12-13,18,21,23,26,34H,2,5-6,10-11,14-17,19-20H2;1H/t21?,26-,29-,32?;/m0./s1. The summed E-state index contributed by atoms with van der Waals surface area (Å²) < 4.78 is 13.0. The summed E-state index contributed by atoms with van der Waals surface area (Å²) in [6.07, 6.45) is 7.67. The fraction of sp³-hybridized carbons (Fsp3) is 0.517. The number of aromatic hydroxyl groups is 1. The SMILES string of the molecule is Oc1cccc(O[C@H]2C[N+]3(Cc4nc([C@](O)(c5ccccc5)C5CCCCC5)no4)CCC2CC3)c1.[Cl-]. The van der Waals surface area contributed by atoms with Crippen molar-refractivity contribution in [2.45, 2.75) is 63.2 Å². The highest BCUT2D eigenvalue weighted by atomic mass is 35.5. The minimum atomic E-state index is -1.24. The van der Waals surface area contributed by atoms with Crippen LogP contribution in [0.1, 0.15) is 62.2 Å². The molecule has 4 aliphatic rings. The maximum absolute atomic E-state index is 12.1. The lowest BCUT2D eigenvalue weighted by Gasteiger charge is -2.51. The molecule has 8 heteroatoms. The van der Waals surface area contributed by atoms with Crippen molar-refractivity contribution < 1.29 is 36.4 Å². The number of aromatic nitrogens is 2. The fourth-order valence-electron chi connectivity index (χ4n) is 6.83. The van der Waals surface area contributed by atoms with Crippen LogP contribution < -0.4 is 17.1 Å². The minimum absolute atomic E-state index is 0. The molecule has 0 spiro atoms. The second-order valence-corrected chi connectivity index (χ2v) is 11.1. The lowest BCUT2D eigenvalue weighted by molar-refractivity contribution is -0.959. The molecule has 1 aromatic heterocycles. The number of benzene rings is 2. The van der Waals surface area contributed by atoms with Crippen molar-refractivity contribution in [1.82, 2.24) is 10.1 Å². The van der Waals surface area contributed by atoms with E-state index >= 15 is 0 Å². The van der Waals surface area contributed by atoms with E-state index in [-0.39, 0.29) is 30.2 Å². The summed E-state index contributed by atoms with van der Waals surface area (Å²) in [5.41, 5.74) is -0.395. The number of phenols is 1. The Bertz CT molecular complexity index is 1170. The van der Waals surface area contributed by atoms with E-state index in [1.165, 1.54) is 6.42 Å². The van der Waals surface area contributed by atoms with Crippen LogP contribution in [0.5, 0.6) is 11.5 Å². The molecule has 198 valence electrons. The predicted molar refractivity (Wildman–Crippen MR) is 134 cm³/mol. The van der Waals surface area contributed by atoms with Crippen LogP contribution in [0, 0.1) is 11.8 Å². The molecule has 37 heavy (non-hydrogen) atoms. The van der Waals surface area contributed by atoms with Crippen LogP contribution in [-0.2, 0) is 12.1 Å². The van der Waals surface area contributed by atoms with Crippen molar-refractivity contribution in [3.8, 4) is 11.5 Å². The lowest BCUT2D eigenvalue weighted by Crippen LogP contribution is -3.00. The Hall–Kier alpha value is -2.61. The number of nitrogens with zero attached hydrogens (tertiary/aromatic N) is 3. The molecular weight excluding hydrogens is 490 g/mol. The summed E-state index contributed by atoms with van der Waals surface area (Å²) >= 11 is 0. The van der Waals surface area contributed by atoms with E-state index in [1.807, 2.05) is 42.5 Å². The van der Waals surface area contributed by atoms with Crippen molar-refractivity contribution in [1.29, 1.82) is 0 Å². The molecule has 4 fully saturated rings. The molecule has 7 rings (SSSR count). The number of quaternary nitrogens is 1. The second-order valence-electron chi connectivity index (χ2n) is 11.1. The Morgan fingerprint density at radius 3 is 2.46 bits per heavy atom. The van der Waals surface area contributed by atoms with Gasteiger partial charge in [-0.2, -0.15) is 4.98 Å². The van der Waals surface area contributed by atoms with Crippen LogP contribution in [-0.4, -0.2) is 50.6 Å². The molecule has 2 atom stereocenters. The molecular formula is C29H36ClN3O4. The number of halogens is 1. The van der Waals surface area contributed by atoms with E-state index in [0.717, 1.165) is 68.2 Å². The number of piperidine rings is 3. The van der Waals surface area contributed by atoms with E-state index in [2.05, 4.69) is 5.16 Å². The third-order valence-electron chi connectivity index (χ3n) is 8.84. The van der Waals surface area contributed by atoms with Crippen molar-refractivity contribution in [2.24, 2.45) is 11.8 Å². The van der Waals surface area contributed by atoms with Crippen LogP contribution in [0.25, 0.3) is 0 Å². The first-order valence-electron chi connectivity index (χ1n) is 13.5. The Kier molecular flexibility index (Phi) is 7.48. The first-order valence-corrected chi connectivity index (χ1v) is 13.5. The molecule has 4 heterocycles. The van der Waals surface area contributed by atoms with Crippen LogP contribution in [0.3, 0.4) is 0 Å². The van der Waals surface area contributed by atoms with Gasteiger partial charge in [0.05, 0.1) is 13.1 Å². The number of ether oxygens (including phenoxy) is 1. The van der Waals surface area contributed by atoms with Crippen LogP contribution in [0.2, 0.25) is 0 Å². The zero-order valence-electron chi connectivity index (χ0n) is 21.1. The first-order chi connectivity index (χ1) is 17.5. The molecule has 7 nitrogen and oxygen atoms in total. The van der Waals surface area contributed by atoms with Gasteiger partial charge in [-0.25, -0.2) is 0 Å². The van der Waals surface area contributed by atoms with E-state index in [9.17, 15) is 10.2 Å². The molecule has 3 aliphatic heterocycles. The average Bonchev–Trinajstić information content (AvgIpc) is 3.38. The summed E-state index contributed by atoms with van der Waals surface area (Å²) in [5, 5.41) is 26.3. The lowest BCUT2D eigenvalue weighted by atomic mass is 9.73. The Balaban J connectivity index is 0.00000280. The largest absolute Gasteiger partial charge is 1.00 e. The highest BCUT2D eigenvalue weighted by Crippen LogP contribution is 2.43. The summed E-state index contributed by atoms with van der Waals surface area (Å²) in [4.78, 5) is 4.84. The third-order valence-corrected chi connectivity index (χ3v) is 8.84. The van der Waals surface area contributed by atoms with Crippen LogP contribution in [0.4, 0.5) is 0 Å². The van der Waals surface area contributed by atoms with Gasteiger partial charge < -0.3 is 36.4 Å². The van der Waals surface area contributed by atoms with Gasteiger partial charge in [0.2, 0.25) is 5.82 Å². The van der Waals surface area contributed by atoms with Crippen molar-refractivity contribution in [3.63, 3.8) is 0 Å². The fourth-order valence-corrected chi connectivity index (χ4v) is 6.83. The number of hydrogen-bond donors (Lipinski definition) is 2. The van der Waals surface area contributed by atoms with E-state index < -0.39 is 5.60 Å².